The molecule has 0 spiro atoms. The van der Waals surface area contributed by atoms with Crippen molar-refractivity contribution in [2.24, 2.45) is 0 Å². The van der Waals surface area contributed by atoms with Crippen LogP contribution in [0.2, 0.25) is 5.02 Å². The molecular weight excluding hydrogens is 662 g/mol. The van der Waals surface area contributed by atoms with E-state index in [4.69, 9.17) is 11.6 Å². The summed E-state index contributed by atoms with van der Waals surface area (Å²) < 4.78 is 0. The fraction of sp³-hybridized carbons (Fsp3) is 0.0238. The highest BCUT2D eigenvalue weighted by atomic mass is 35.5. The van der Waals surface area contributed by atoms with E-state index >= 15 is 0 Å². The molecule has 0 saturated carbocycles. The van der Waals surface area contributed by atoms with Crippen molar-refractivity contribution in [3.05, 3.63) is 191 Å². The van der Waals surface area contributed by atoms with Gasteiger partial charge in [-0.25, -0.2) is 0 Å². The number of hydrogen-bond donors (Lipinski definition) is 3. The lowest BCUT2D eigenvalue weighted by Crippen LogP contribution is -2.30. The van der Waals surface area contributed by atoms with E-state index in [9.17, 15) is 14.4 Å². The zero-order valence-electron chi connectivity index (χ0n) is 26.8. The van der Waals surface area contributed by atoms with Gasteiger partial charge in [-0.15, -0.1) is 11.8 Å². The predicted molar refractivity (Wildman–Crippen MR) is 204 cm³/mol. The monoisotopic (exact) mass is 693 g/mol. The second-order valence-corrected chi connectivity index (χ2v) is 12.9. The lowest BCUT2D eigenvalue weighted by Gasteiger charge is -2.17. The fourth-order valence-electron chi connectivity index (χ4n) is 5.10. The molecule has 0 saturated heterocycles. The van der Waals surface area contributed by atoms with Crippen molar-refractivity contribution in [3.63, 3.8) is 0 Å². The molecule has 6 aromatic rings. The van der Waals surface area contributed by atoms with Crippen LogP contribution in [0.5, 0.6) is 0 Å². The molecule has 0 aliphatic carbocycles. The summed E-state index contributed by atoms with van der Waals surface area (Å²) in [4.78, 5) is 41.0. The smallest absolute Gasteiger partial charge is 0.272 e. The zero-order chi connectivity index (χ0) is 34.7. The van der Waals surface area contributed by atoms with Gasteiger partial charge in [0, 0.05) is 26.9 Å². The molecule has 3 amide bonds. The Labute approximate surface area is 300 Å². The van der Waals surface area contributed by atoms with E-state index < -0.39 is 17.1 Å². The second-order valence-electron chi connectivity index (χ2n) is 11.2. The number of carbonyl (C=O) groups excluding carboxylic acids is 3. The molecule has 0 aliphatic heterocycles. The lowest BCUT2D eigenvalue weighted by atomic mass is 10.0. The van der Waals surface area contributed by atoms with Crippen molar-refractivity contribution >= 4 is 58.5 Å². The molecule has 6 rings (SSSR count). The Morgan fingerprint density at radius 1 is 0.580 bits per heavy atom. The highest BCUT2D eigenvalue weighted by molar-refractivity contribution is 8.00. The van der Waals surface area contributed by atoms with Crippen molar-refractivity contribution < 1.29 is 14.4 Å². The van der Waals surface area contributed by atoms with Gasteiger partial charge in [-0.2, -0.15) is 0 Å². The lowest BCUT2D eigenvalue weighted by molar-refractivity contribution is -0.116. The third kappa shape index (κ3) is 9.17. The summed E-state index contributed by atoms with van der Waals surface area (Å²) in [5.74, 6) is -1.06. The van der Waals surface area contributed by atoms with Crippen molar-refractivity contribution in [2.45, 2.75) is 10.1 Å². The minimum Gasteiger partial charge on any atom is -0.325 e. The molecule has 50 heavy (non-hydrogen) atoms. The van der Waals surface area contributed by atoms with Crippen molar-refractivity contribution in [2.75, 3.05) is 10.6 Å². The Morgan fingerprint density at radius 2 is 1.12 bits per heavy atom. The van der Waals surface area contributed by atoms with Gasteiger partial charge in [-0.1, -0.05) is 115 Å². The molecule has 6 nitrogen and oxygen atoms in total. The molecule has 0 radical (unpaired) electrons. The van der Waals surface area contributed by atoms with E-state index in [2.05, 4.69) is 16.0 Å². The summed E-state index contributed by atoms with van der Waals surface area (Å²) in [6.07, 6.45) is 1.65. The molecule has 8 heteroatoms. The Bertz CT molecular complexity index is 2090. The van der Waals surface area contributed by atoms with Crippen LogP contribution in [-0.4, -0.2) is 17.7 Å². The molecule has 0 aliphatic rings. The molecule has 0 aromatic heterocycles. The Kier molecular flexibility index (Phi) is 11.2. The topological polar surface area (TPSA) is 87.3 Å². The minimum atomic E-state index is -0.539. The van der Waals surface area contributed by atoms with E-state index in [0.29, 0.717) is 22.0 Å². The quantitative estimate of drug-likeness (QED) is 0.0931. The number of amides is 3. The highest BCUT2D eigenvalue weighted by Gasteiger charge is 2.22. The maximum absolute atomic E-state index is 13.6. The number of rotatable bonds is 11. The van der Waals surface area contributed by atoms with Gasteiger partial charge in [-0.05, 0) is 89.0 Å². The number of halogens is 1. The third-order valence-electron chi connectivity index (χ3n) is 7.68. The van der Waals surface area contributed by atoms with Crippen molar-refractivity contribution in [1.29, 1.82) is 0 Å². The first-order chi connectivity index (χ1) is 24.4. The Morgan fingerprint density at radius 3 is 1.76 bits per heavy atom. The zero-order valence-corrected chi connectivity index (χ0v) is 28.3. The summed E-state index contributed by atoms with van der Waals surface area (Å²) in [5, 5.41) is 8.73. The summed E-state index contributed by atoms with van der Waals surface area (Å²) >= 11 is 7.41. The number of nitrogens with one attached hydrogen (secondary N) is 3. The molecule has 0 fully saturated rings. The van der Waals surface area contributed by atoms with Gasteiger partial charge < -0.3 is 16.0 Å². The van der Waals surface area contributed by atoms with Gasteiger partial charge in [-0.3, -0.25) is 14.4 Å². The van der Waals surface area contributed by atoms with E-state index in [0.717, 1.165) is 27.1 Å². The maximum Gasteiger partial charge on any atom is 0.272 e. The van der Waals surface area contributed by atoms with E-state index in [1.165, 1.54) is 11.8 Å². The van der Waals surface area contributed by atoms with E-state index in [1.807, 2.05) is 103 Å². The third-order valence-corrected chi connectivity index (χ3v) is 9.19. The van der Waals surface area contributed by atoms with Crippen LogP contribution in [0.15, 0.2) is 174 Å². The van der Waals surface area contributed by atoms with Crippen LogP contribution in [0, 0.1) is 0 Å². The Hall–Kier alpha value is -5.89. The van der Waals surface area contributed by atoms with Crippen LogP contribution in [-0.2, 0) is 9.59 Å². The van der Waals surface area contributed by atoms with Gasteiger partial charge in [0.05, 0.1) is 0 Å². The van der Waals surface area contributed by atoms with Crippen LogP contribution in [0.4, 0.5) is 11.4 Å². The standard InChI is InChI=1S/C42H32ClN3O3S/c43-34-20-22-35(23-21-34)45-42(49)39(32-12-6-2-7-13-32)50-37-26-24-36(25-27-37)44-41(48)38(46-40(47)33-14-8-3-9-15-33)28-29-16-18-31(19-17-29)30-10-4-1-5-11-30/h1-28,39H,(H,44,48)(H,45,49)(H,46,47)/b38-28-. The first-order valence-electron chi connectivity index (χ1n) is 15.8. The predicted octanol–water partition coefficient (Wildman–Crippen LogP) is 9.89. The number of thioether (sulfide) groups is 1. The summed E-state index contributed by atoms with van der Waals surface area (Å²) in [6, 6.07) is 50.2. The molecule has 246 valence electrons. The van der Waals surface area contributed by atoms with Crippen molar-refractivity contribution in [1.82, 2.24) is 5.32 Å². The minimum absolute atomic E-state index is 0.0905. The number of benzene rings is 6. The molecule has 1 unspecified atom stereocenters. The van der Waals surface area contributed by atoms with Crippen LogP contribution in [0.25, 0.3) is 17.2 Å². The van der Waals surface area contributed by atoms with Gasteiger partial charge >= 0.3 is 0 Å². The average molecular weight is 694 g/mol. The SMILES string of the molecule is O=C(Nc1ccc(SC(C(=O)Nc2ccc(Cl)cc2)c2ccccc2)cc1)/C(=C/c1ccc(-c2ccccc2)cc1)NC(=O)c1ccccc1. The van der Waals surface area contributed by atoms with Gasteiger partial charge in [0.2, 0.25) is 5.91 Å². The fourth-order valence-corrected chi connectivity index (χ4v) is 6.26. The number of anilines is 2. The molecule has 0 heterocycles. The van der Waals surface area contributed by atoms with Crippen LogP contribution < -0.4 is 16.0 Å². The first kappa shape index (κ1) is 34.0. The van der Waals surface area contributed by atoms with Crippen LogP contribution in [0.3, 0.4) is 0 Å². The van der Waals surface area contributed by atoms with Crippen LogP contribution >= 0.6 is 23.4 Å². The molecular formula is C42H32ClN3O3S. The average Bonchev–Trinajstić information content (AvgIpc) is 3.16. The second kappa shape index (κ2) is 16.5. The normalized spacial score (nSPS) is 11.7. The maximum atomic E-state index is 13.6. The summed E-state index contributed by atoms with van der Waals surface area (Å²) in [7, 11) is 0. The molecule has 0 bridgehead atoms. The largest absolute Gasteiger partial charge is 0.325 e. The number of hydrogen-bond acceptors (Lipinski definition) is 4. The van der Waals surface area contributed by atoms with Crippen molar-refractivity contribution in [3.8, 4) is 11.1 Å². The summed E-state index contributed by atoms with van der Waals surface area (Å²) in [5.41, 5.74) is 5.41. The van der Waals surface area contributed by atoms with Gasteiger partial charge in [0.15, 0.2) is 0 Å². The number of carbonyl (C=O) groups is 3. The van der Waals surface area contributed by atoms with Gasteiger partial charge in [0.1, 0.15) is 10.9 Å². The van der Waals surface area contributed by atoms with Gasteiger partial charge in [0.25, 0.3) is 11.8 Å². The molecule has 1 atom stereocenters. The first-order valence-corrected chi connectivity index (χ1v) is 17.1. The highest BCUT2D eigenvalue weighted by Crippen LogP contribution is 2.37. The van der Waals surface area contributed by atoms with Crippen LogP contribution in [0.1, 0.15) is 26.7 Å². The Balaban J connectivity index is 1.19. The van der Waals surface area contributed by atoms with E-state index in [1.54, 1.807) is 66.7 Å². The summed E-state index contributed by atoms with van der Waals surface area (Å²) in [6.45, 7) is 0. The molecule has 6 aromatic carbocycles. The van der Waals surface area contributed by atoms with E-state index in [-0.39, 0.29) is 11.6 Å². The molecule has 3 N–H and O–H groups in total.